The van der Waals surface area contributed by atoms with Crippen molar-refractivity contribution < 1.29 is 14.6 Å². The number of hydrogen-bond acceptors (Lipinski definition) is 3. The molecule has 4 heteroatoms. The van der Waals surface area contributed by atoms with E-state index in [9.17, 15) is 9.90 Å². The van der Waals surface area contributed by atoms with Crippen LogP contribution < -0.4 is 5.32 Å². The molecule has 0 saturated heterocycles. The van der Waals surface area contributed by atoms with Crippen molar-refractivity contribution in [3.8, 4) is 0 Å². The van der Waals surface area contributed by atoms with Crippen LogP contribution in [0.2, 0.25) is 0 Å². The van der Waals surface area contributed by atoms with Gasteiger partial charge in [0.1, 0.15) is 5.60 Å². The van der Waals surface area contributed by atoms with Crippen molar-refractivity contribution in [2.75, 3.05) is 13.2 Å². The zero-order valence-electron chi connectivity index (χ0n) is 11.3. The predicted molar refractivity (Wildman–Crippen MR) is 69.2 cm³/mol. The van der Waals surface area contributed by atoms with Crippen LogP contribution >= 0.6 is 0 Å². The lowest BCUT2D eigenvalue weighted by Gasteiger charge is -2.28. The molecule has 0 spiro atoms. The Kier molecular flexibility index (Phi) is 4.62. The number of rotatable bonds is 5. The summed E-state index contributed by atoms with van der Waals surface area (Å²) in [6.45, 7) is 3.11. The SMILES string of the molecule is CCOC1(C(=O)NCC2CCCC2O)CCCC1. The van der Waals surface area contributed by atoms with Gasteiger partial charge in [-0.3, -0.25) is 4.79 Å². The Labute approximate surface area is 109 Å². The van der Waals surface area contributed by atoms with Gasteiger partial charge in [0.25, 0.3) is 5.91 Å². The molecule has 2 fully saturated rings. The van der Waals surface area contributed by atoms with Gasteiger partial charge in [-0.25, -0.2) is 0 Å². The largest absolute Gasteiger partial charge is 0.393 e. The number of hydrogen-bond donors (Lipinski definition) is 2. The van der Waals surface area contributed by atoms with E-state index in [1.807, 2.05) is 6.92 Å². The van der Waals surface area contributed by atoms with Crippen molar-refractivity contribution in [1.29, 1.82) is 0 Å². The summed E-state index contributed by atoms with van der Waals surface area (Å²) in [7, 11) is 0. The van der Waals surface area contributed by atoms with E-state index in [0.717, 1.165) is 44.9 Å². The number of carbonyl (C=O) groups is 1. The molecule has 2 aliphatic rings. The maximum Gasteiger partial charge on any atom is 0.252 e. The van der Waals surface area contributed by atoms with Crippen LogP contribution in [0.5, 0.6) is 0 Å². The lowest BCUT2D eigenvalue weighted by atomic mass is 9.99. The molecule has 2 saturated carbocycles. The molecule has 0 aliphatic heterocycles. The van der Waals surface area contributed by atoms with Gasteiger partial charge in [0.05, 0.1) is 6.10 Å². The summed E-state index contributed by atoms with van der Waals surface area (Å²) in [4.78, 5) is 12.3. The van der Waals surface area contributed by atoms with E-state index in [-0.39, 0.29) is 17.9 Å². The van der Waals surface area contributed by atoms with E-state index in [0.29, 0.717) is 13.2 Å². The van der Waals surface area contributed by atoms with Crippen LogP contribution in [-0.2, 0) is 9.53 Å². The summed E-state index contributed by atoms with van der Waals surface area (Å²) in [6, 6.07) is 0. The van der Waals surface area contributed by atoms with Gasteiger partial charge in [-0.05, 0) is 45.4 Å². The normalized spacial score (nSPS) is 30.6. The second-order valence-electron chi connectivity index (χ2n) is 5.60. The van der Waals surface area contributed by atoms with E-state index in [4.69, 9.17) is 4.74 Å². The molecule has 4 nitrogen and oxygen atoms in total. The van der Waals surface area contributed by atoms with Crippen molar-refractivity contribution in [1.82, 2.24) is 5.32 Å². The first-order valence-corrected chi connectivity index (χ1v) is 7.28. The fourth-order valence-electron chi connectivity index (χ4n) is 3.30. The summed E-state index contributed by atoms with van der Waals surface area (Å²) >= 11 is 0. The van der Waals surface area contributed by atoms with Gasteiger partial charge >= 0.3 is 0 Å². The molecule has 2 atom stereocenters. The molecule has 0 heterocycles. The average Bonchev–Trinajstić information content (AvgIpc) is 2.97. The van der Waals surface area contributed by atoms with Gasteiger partial charge in [0.15, 0.2) is 0 Å². The molecule has 0 radical (unpaired) electrons. The monoisotopic (exact) mass is 255 g/mol. The number of aliphatic hydroxyl groups excluding tert-OH is 1. The Morgan fingerprint density at radius 2 is 2.06 bits per heavy atom. The highest BCUT2D eigenvalue weighted by Crippen LogP contribution is 2.33. The van der Waals surface area contributed by atoms with E-state index >= 15 is 0 Å². The maximum absolute atomic E-state index is 12.3. The lowest BCUT2D eigenvalue weighted by molar-refractivity contribution is -0.146. The van der Waals surface area contributed by atoms with E-state index in [1.165, 1.54) is 0 Å². The molecule has 0 bridgehead atoms. The van der Waals surface area contributed by atoms with Crippen LogP contribution in [0.15, 0.2) is 0 Å². The minimum absolute atomic E-state index is 0.0287. The van der Waals surface area contributed by atoms with Crippen molar-refractivity contribution in [3.05, 3.63) is 0 Å². The van der Waals surface area contributed by atoms with E-state index in [2.05, 4.69) is 5.32 Å². The highest BCUT2D eigenvalue weighted by atomic mass is 16.5. The summed E-state index contributed by atoms with van der Waals surface area (Å²) < 4.78 is 5.72. The molecular formula is C14H25NO3. The van der Waals surface area contributed by atoms with Gasteiger partial charge in [0.2, 0.25) is 0 Å². The Morgan fingerprint density at radius 1 is 1.33 bits per heavy atom. The number of aliphatic hydroxyl groups is 1. The molecule has 1 amide bonds. The van der Waals surface area contributed by atoms with Gasteiger partial charge in [0, 0.05) is 19.1 Å². The highest BCUT2D eigenvalue weighted by molar-refractivity contribution is 5.85. The summed E-state index contributed by atoms with van der Waals surface area (Å²) in [6.07, 6.45) is 6.52. The van der Waals surface area contributed by atoms with Crippen LogP contribution in [0.3, 0.4) is 0 Å². The second-order valence-corrected chi connectivity index (χ2v) is 5.60. The molecule has 18 heavy (non-hydrogen) atoms. The molecule has 2 unspecified atom stereocenters. The molecule has 0 aromatic carbocycles. The first kappa shape index (κ1) is 13.8. The van der Waals surface area contributed by atoms with E-state index in [1.54, 1.807) is 0 Å². The fourth-order valence-corrected chi connectivity index (χ4v) is 3.30. The Bertz CT molecular complexity index is 287. The van der Waals surface area contributed by atoms with Crippen LogP contribution in [0.4, 0.5) is 0 Å². The minimum Gasteiger partial charge on any atom is -0.393 e. The molecule has 2 rings (SSSR count). The molecule has 2 aliphatic carbocycles. The zero-order chi connectivity index (χ0) is 13.0. The summed E-state index contributed by atoms with van der Waals surface area (Å²) in [5.74, 6) is 0.259. The summed E-state index contributed by atoms with van der Waals surface area (Å²) in [5, 5.41) is 12.8. The van der Waals surface area contributed by atoms with E-state index < -0.39 is 5.60 Å². The van der Waals surface area contributed by atoms with Gasteiger partial charge in [-0.1, -0.05) is 6.42 Å². The average molecular weight is 255 g/mol. The second kappa shape index (κ2) is 6.02. The Balaban J connectivity index is 1.85. The molecular weight excluding hydrogens is 230 g/mol. The molecule has 2 N–H and O–H groups in total. The fraction of sp³-hybridized carbons (Fsp3) is 0.929. The third kappa shape index (κ3) is 2.86. The van der Waals surface area contributed by atoms with Crippen LogP contribution in [0.25, 0.3) is 0 Å². The lowest BCUT2D eigenvalue weighted by Crippen LogP contribution is -2.48. The van der Waals surface area contributed by atoms with Crippen molar-refractivity contribution in [3.63, 3.8) is 0 Å². The zero-order valence-corrected chi connectivity index (χ0v) is 11.3. The topological polar surface area (TPSA) is 58.6 Å². The van der Waals surface area contributed by atoms with Crippen LogP contribution in [0, 0.1) is 5.92 Å². The molecule has 104 valence electrons. The van der Waals surface area contributed by atoms with Crippen molar-refractivity contribution in [2.24, 2.45) is 5.92 Å². The highest BCUT2D eigenvalue weighted by Gasteiger charge is 2.42. The van der Waals surface area contributed by atoms with Crippen molar-refractivity contribution >= 4 is 5.91 Å². The smallest absolute Gasteiger partial charge is 0.252 e. The standard InChI is InChI=1S/C14H25NO3/c1-2-18-14(8-3-4-9-14)13(17)15-10-11-6-5-7-12(11)16/h11-12,16H,2-10H2,1H3,(H,15,17). The number of ether oxygens (including phenoxy) is 1. The maximum atomic E-state index is 12.3. The van der Waals surface area contributed by atoms with Crippen LogP contribution in [0.1, 0.15) is 51.9 Å². The molecule has 0 aromatic heterocycles. The Morgan fingerprint density at radius 3 is 2.61 bits per heavy atom. The molecule has 0 aromatic rings. The third-order valence-electron chi connectivity index (χ3n) is 4.39. The van der Waals surface area contributed by atoms with Gasteiger partial charge < -0.3 is 15.2 Å². The van der Waals surface area contributed by atoms with Gasteiger partial charge in [-0.2, -0.15) is 0 Å². The minimum atomic E-state index is -0.585. The first-order chi connectivity index (χ1) is 8.68. The van der Waals surface area contributed by atoms with Crippen LogP contribution in [-0.4, -0.2) is 35.9 Å². The predicted octanol–water partition coefficient (Wildman–Crippen LogP) is 1.61. The number of carbonyl (C=O) groups excluding carboxylic acids is 1. The quantitative estimate of drug-likeness (QED) is 0.784. The van der Waals surface area contributed by atoms with Crippen molar-refractivity contribution in [2.45, 2.75) is 63.6 Å². The Hall–Kier alpha value is -0.610. The number of amides is 1. The number of nitrogens with one attached hydrogen (secondary N) is 1. The third-order valence-corrected chi connectivity index (χ3v) is 4.39. The summed E-state index contributed by atoms with van der Waals surface area (Å²) in [5.41, 5.74) is -0.585. The van der Waals surface area contributed by atoms with Gasteiger partial charge in [-0.15, -0.1) is 0 Å². The first-order valence-electron chi connectivity index (χ1n) is 7.28.